The Kier molecular flexibility index (Phi) is 4.97. The van der Waals surface area contributed by atoms with Gasteiger partial charge in [-0.25, -0.2) is 0 Å². The molecule has 7 heteroatoms. The third-order valence-corrected chi connectivity index (χ3v) is 6.95. The summed E-state index contributed by atoms with van der Waals surface area (Å²) in [4.78, 5) is 45.6. The van der Waals surface area contributed by atoms with Gasteiger partial charge < -0.3 is 20.1 Å². The molecule has 30 heavy (non-hydrogen) atoms. The fraction of sp³-hybridized carbons (Fsp3) is 0.522. The Balaban J connectivity index is 1.28. The second-order valence-electron chi connectivity index (χ2n) is 8.79. The number of carbonyl (C=O) groups excluding carboxylic acids is 3. The highest BCUT2D eigenvalue weighted by Gasteiger charge is 2.45. The van der Waals surface area contributed by atoms with Gasteiger partial charge in [0.25, 0.3) is 0 Å². The maximum atomic E-state index is 13.1. The number of piperazine rings is 2. The van der Waals surface area contributed by atoms with Crippen molar-refractivity contribution < 1.29 is 14.4 Å². The van der Waals surface area contributed by atoms with Crippen LogP contribution in [0.4, 0.5) is 0 Å². The molecule has 3 fully saturated rings. The molecule has 2 saturated heterocycles. The molecule has 158 valence electrons. The van der Waals surface area contributed by atoms with Crippen molar-refractivity contribution in [3.63, 3.8) is 0 Å². The smallest absolute Gasteiger partial charge is 0.246 e. The number of para-hydroxylation sites is 1. The van der Waals surface area contributed by atoms with E-state index in [4.69, 9.17) is 0 Å². The van der Waals surface area contributed by atoms with Crippen LogP contribution in [0.3, 0.4) is 0 Å². The van der Waals surface area contributed by atoms with Crippen LogP contribution in [-0.4, -0.2) is 64.2 Å². The molecule has 0 bridgehead atoms. The summed E-state index contributed by atoms with van der Waals surface area (Å²) in [5.74, 6) is 0.0491. The molecule has 5 rings (SSSR count). The summed E-state index contributed by atoms with van der Waals surface area (Å²) >= 11 is 0. The molecule has 2 N–H and O–H groups in total. The van der Waals surface area contributed by atoms with Crippen LogP contribution in [0.25, 0.3) is 10.9 Å². The van der Waals surface area contributed by atoms with E-state index in [0.29, 0.717) is 26.1 Å². The van der Waals surface area contributed by atoms with E-state index < -0.39 is 12.1 Å². The molecule has 1 aromatic carbocycles. The van der Waals surface area contributed by atoms with Crippen molar-refractivity contribution in [1.29, 1.82) is 0 Å². The Morgan fingerprint density at radius 3 is 2.70 bits per heavy atom. The predicted octanol–water partition coefficient (Wildman–Crippen LogP) is 1.83. The molecule has 1 saturated carbocycles. The van der Waals surface area contributed by atoms with E-state index in [0.717, 1.165) is 42.1 Å². The second kappa shape index (κ2) is 7.78. The van der Waals surface area contributed by atoms with Crippen molar-refractivity contribution in [2.75, 3.05) is 19.6 Å². The summed E-state index contributed by atoms with van der Waals surface area (Å²) < 4.78 is 0. The van der Waals surface area contributed by atoms with E-state index in [2.05, 4.69) is 10.3 Å². The molecule has 0 unspecified atom stereocenters. The number of nitrogens with zero attached hydrogens (tertiary/aromatic N) is 2. The number of benzene rings is 1. The molecular formula is C23H28N4O3. The Hall–Kier alpha value is -2.83. The lowest BCUT2D eigenvalue weighted by Crippen LogP contribution is -2.70. The number of H-pyrrole nitrogens is 1. The van der Waals surface area contributed by atoms with Gasteiger partial charge in [0.05, 0.1) is 6.54 Å². The van der Waals surface area contributed by atoms with Crippen LogP contribution >= 0.6 is 0 Å². The monoisotopic (exact) mass is 408 g/mol. The SMILES string of the molecule is O=C1N[C@@H](Cc2c[nH]c3ccccc23)C(=O)N2CCN(C(=O)C3CCCCC3)C[C@H]12. The zero-order valence-electron chi connectivity index (χ0n) is 17.1. The van der Waals surface area contributed by atoms with E-state index in [1.54, 1.807) is 4.90 Å². The van der Waals surface area contributed by atoms with Gasteiger partial charge in [0.1, 0.15) is 12.1 Å². The van der Waals surface area contributed by atoms with Gasteiger partial charge in [-0.05, 0) is 24.5 Å². The lowest BCUT2D eigenvalue weighted by atomic mass is 9.88. The minimum atomic E-state index is -0.571. The zero-order chi connectivity index (χ0) is 20.7. The third-order valence-electron chi connectivity index (χ3n) is 6.95. The second-order valence-corrected chi connectivity index (χ2v) is 8.79. The highest BCUT2D eigenvalue weighted by molar-refractivity contribution is 5.98. The molecular weight excluding hydrogens is 380 g/mol. The van der Waals surface area contributed by atoms with E-state index >= 15 is 0 Å². The highest BCUT2D eigenvalue weighted by atomic mass is 16.2. The maximum Gasteiger partial charge on any atom is 0.246 e. The molecule has 3 aliphatic rings. The van der Waals surface area contributed by atoms with Gasteiger partial charge >= 0.3 is 0 Å². The van der Waals surface area contributed by atoms with Gasteiger partial charge in [0.15, 0.2) is 0 Å². The number of amides is 3. The number of aromatic nitrogens is 1. The van der Waals surface area contributed by atoms with Crippen molar-refractivity contribution in [2.45, 2.75) is 50.6 Å². The van der Waals surface area contributed by atoms with E-state index in [-0.39, 0.29) is 23.6 Å². The van der Waals surface area contributed by atoms with Crippen molar-refractivity contribution in [3.05, 3.63) is 36.0 Å². The number of carbonyl (C=O) groups is 3. The van der Waals surface area contributed by atoms with Crippen molar-refractivity contribution in [3.8, 4) is 0 Å². The molecule has 7 nitrogen and oxygen atoms in total. The van der Waals surface area contributed by atoms with E-state index in [1.807, 2.05) is 35.4 Å². The largest absolute Gasteiger partial charge is 0.361 e. The van der Waals surface area contributed by atoms with Gasteiger partial charge in [-0.2, -0.15) is 0 Å². The number of hydrogen-bond donors (Lipinski definition) is 2. The van der Waals surface area contributed by atoms with E-state index in [9.17, 15) is 14.4 Å². The van der Waals surface area contributed by atoms with Gasteiger partial charge in [0, 0.05) is 42.5 Å². The van der Waals surface area contributed by atoms with Crippen LogP contribution in [0.2, 0.25) is 0 Å². The number of aromatic amines is 1. The summed E-state index contributed by atoms with van der Waals surface area (Å²) in [5, 5.41) is 4.00. The average Bonchev–Trinajstić information content (AvgIpc) is 3.20. The molecule has 3 amide bonds. The number of hydrogen-bond acceptors (Lipinski definition) is 3. The predicted molar refractivity (Wildman–Crippen MR) is 113 cm³/mol. The van der Waals surface area contributed by atoms with Gasteiger partial charge in [0.2, 0.25) is 17.7 Å². The lowest BCUT2D eigenvalue weighted by molar-refractivity contribution is -0.156. The van der Waals surface area contributed by atoms with Crippen molar-refractivity contribution in [2.24, 2.45) is 5.92 Å². The Morgan fingerprint density at radius 2 is 1.87 bits per heavy atom. The van der Waals surface area contributed by atoms with Crippen LogP contribution in [0.5, 0.6) is 0 Å². The van der Waals surface area contributed by atoms with Crippen LogP contribution < -0.4 is 5.32 Å². The molecule has 2 atom stereocenters. The van der Waals surface area contributed by atoms with Gasteiger partial charge in [-0.15, -0.1) is 0 Å². The minimum absolute atomic E-state index is 0.0466. The summed E-state index contributed by atoms with van der Waals surface area (Å²) in [7, 11) is 0. The van der Waals surface area contributed by atoms with Crippen molar-refractivity contribution in [1.82, 2.24) is 20.1 Å². The Labute approximate surface area is 175 Å². The number of nitrogens with one attached hydrogen (secondary N) is 2. The van der Waals surface area contributed by atoms with Crippen LogP contribution in [-0.2, 0) is 20.8 Å². The normalized spacial score (nSPS) is 25.3. The molecule has 1 aromatic heterocycles. The van der Waals surface area contributed by atoms with Crippen LogP contribution in [0.15, 0.2) is 30.5 Å². The molecule has 1 aliphatic carbocycles. The quantitative estimate of drug-likeness (QED) is 0.813. The topological polar surface area (TPSA) is 85.5 Å². The Bertz CT molecular complexity index is 978. The molecule has 2 aromatic rings. The lowest BCUT2D eigenvalue weighted by Gasteiger charge is -2.46. The standard InChI is InChI=1S/C23H28N4O3/c28-21-20-14-26(22(29)15-6-2-1-3-7-15)10-11-27(20)23(30)19(25-21)12-16-13-24-18-9-5-4-8-17(16)18/h4-5,8-9,13,15,19-20,24H,1-3,6-7,10-12,14H2,(H,25,28)/t19-,20+/m0/s1. The first-order valence-electron chi connectivity index (χ1n) is 11.1. The summed E-state index contributed by atoms with van der Waals surface area (Å²) in [6.07, 6.45) is 7.68. The first-order chi connectivity index (χ1) is 14.6. The molecule has 3 heterocycles. The third kappa shape index (κ3) is 3.36. The molecule has 0 radical (unpaired) electrons. The summed E-state index contributed by atoms with van der Waals surface area (Å²) in [6, 6.07) is 6.83. The zero-order valence-corrected chi connectivity index (χ0v) is 17.1. The Morgan fingerprint density at radius 1 is 1.07 bits per heavy atom. The van der Waals surface area contributed by atoms with Crippen molar-refractivity contribution >= 4 is 28.6 Å². The summed E-state index contributed by atoms with van der Waals surface area (Å²) in [5.41, 5.74) is 2.05. The van der Waals surface area contributed by atoms with Gasteiger partial charge in [-0.3, -0.25) is 14.4 Å². The molecule has 0 spiro atoms. The average molecular weight is 409 g/mol. The fourth-order valence-corrected chi connectivity index (χ4v) is 5.27. The summed E-state index contributed by atoms with van der Waals surface area (Å²) in [6.45, 7) is 1.26. The maximum absolute atomic E-state index is 13.1. The number of fused-ring (bicyclic) bond motifs is 2. The van der Waals surface area contributed by atoms with Crippen LogP contribution in [0.1, 0.15) is 37.7 Å². The van der Waals surface area contributed by atoms with Crippen LogP contribution in [0, 0.1) is 5.92 Å². The highest BCUT2D eigenvalue weighted by Crippen LogP contribution is 2.28. The fourth-order valence-electron chi connectivity index (χ4n) is 5.27. The molecule has 2 aliphatic heterocycles. The number of rotatable bonds is 3. The van der Waals surface area contributed by atoms with Gasteiger partial charge in [-0.1, -0.05) is 37.5 Å². The minimum Gasteiger partial charge on any atom is -0.361 e. The van der Waals surface area contributed by atoms with E-state index in [1.165, 1.54) is 6.42 Å². The first kappa shape index (κ1) is 19.2. The first-order valence-corrected chi connectivity index (χ1v) is 11.1.